The number of rotatable bonds is 9. The highest BCUT2D eigenvalue weighted by atomic mass is 32.2. The fourth-order valence-corrected chi connectivity index (χ4v) is 5.69. The quantitative estimate of drug-likeness (QED) is 0.175. The molecule has 3 rings (SSSR count). The molecule has 180 valence electrons. The molecule has 0 saturated carbocycles. The van der Waals surface area contributed by atoms with E-state index in [-0.39, 0.29) is 22.2 Å². The summed E-state index contributed by atoms with van der Waals surface area (Å²) in [5, 5.41) is 29.2. The van der Waals surface area contributed by atoms with Gasteiger partial charge in [-0.3, -0.25) is 4.79 Å². The minimum absolute atomic E-state index is 0.0106. The largest absolute Gasteiger partial charge is 0.480 e. The van der Waals surface area contributed by atoms with Crippen LogP contribution in [0.5, 0.6) is 0 Å². The SMILES string of the molecule is CO/N=C(\C(=O)N[C@H](C(=O)O)[C@@H]1NC(C(=O)O)=C(C[N+]2(C)CCCC2)CS1)c1csc(N)n1. The van der Waals surface area contributed by atoms with E-state index in [1.54, 1.807) is 0 Å². The number of thioether (sulfide) groups is 1. The number of hydrogen-bond acceptors (Lipinski definition) is 10. The van der Waals surface area contributed by atoms with Gasteiger partial charge in [0.2, 0.25) is 0 Å². The van der Waals surface area contributed by atoms with Crippen LogP contribution in [0.1, 0.15) is 18.5 Å². The van der Waals surface area contributed by atoms with Crippen LogP contribution in [0.25, 0.3) is 0 Å². The number of hydrogen-bond donors (Lipinski definition) is 5. The molecular weight excluding hydrogens is 472 g/mol. The van der Waals surface area contributed by atoms with E-state index < -0.39 is 29.3 Å². The molecule has 0 aliphatic carbocycles. The van der Waals surface area contributed by atoms with Crippen molar-refractivity contribution in [1.82, 2.24) is 15.6 Å². The maximum Gasteiger partial charge on any atom is 0.352 e. The number of carbonyl (C=O) groups is 3. The van der Waals surface area contributed by atoms with Crippen LogP contribution in [0.3, 0.4) is 0 Å². The zero-order valence-electron chi connectivity index (χ0n) is 18.2. The molecule has 1 aromatic heterocycles. The molecule has 2 aliphatic rings. The Balaban J connectivity index is 1.79. The van der Waals surface area contributed by atoms with E-state index in [1.165, 1.54) is 24.3 Å². The molecule has 0 radical (unpaired) electrons. The number of carboxylic acids is 2. The summed E-state index contributed by atoms with van der Waals surface area (Å²) in [5.74, 6) is -2.97. The molecular formula is C19H27N6O6S2+. The van der Waals surface area contributed by atoms with Gasteiger partial charge < -0.3 is 35.9 Å². The van der Waals surface area contributed by atoms with Gasteiger partial charge >= 0.3 is 11.9 Å². The molecule has 1 saturated heterocycles. The number of carboxylic acid groups (broad SMARTS) is 2. The van der Waals surface area contributed by atoms with Crippen LogP contribution in [0.2, 0.25) is 0 Å². The standard InChI is InChI=1S/C19H26N6O6S2/c1-25(5-3-4-6-25)7-10-8-32-16(23-12(10)17(27)28)14(18(29)30)22-15(26)13(24-31-2)11-9-33-19(20)21-11/h9,14,16,23H,3-8H2,1-2H3,(H4-,20,21,22,26,27,28,29,30)/p+1/b24-13-/t14-,16+/m0/s1. The minimum Gasteiger partial charge on any atom is -0.480 e. The molecule has 1 amide bonds. The van der Waals surface area contributed by atoms with Gasteiger partial charge in [0.05, 0.1) is 20.1 Å². The van der Waals surface area contributed by atoms with Crippen molar-refractivity contribution in [2.24, 2.45) is 5.16 Å². The second kappa shape index (κ2) is 10.4. The van der Waals surface area contributed by atoms with Gasteiger partial charge in [0, 0.05) is 29.5 Å². The van der Waals surface area contributed by atoms with Crippen LogP contribution in [0.4, 0.5) is 5.13 Å². The maximum absolute atomic E-state index is 12.8. The first-order valence-corrected chi connectivity index (χ1v) is 12.1. The third-order valence-electron chi connectivity index (χ3n) is 5.53. The third kappa shape index (κ3) is 5.94. The van der Waals surface area contributed by atoms with Crippen LogP contribution in [0.15, 0.2) is 21.8 Å². The minimum atomic E-state index is -1.44. The van der Waals surface area contributed by atoms with Crippen LogP contribution in [-0.2, 0) is 19.2 Å². The Hall–Kier alpha value is -2.84. The molecule has 12 nitrogen and oxygen atoms in total. The number of thiazole rings is 1. The summed E-state index contributed by atoms with van der Waals surface area (Å²) in [6, 6.07) is -1.44. The summed E-state index contributed by atoms with van der Waals surface area (Å²) in [4.78, 5) is 45.5. The van der Waals surface area contributed by atoms with E-state index in [2.05, 4.69) is 27.8 Å². The lowest BCUT2D eigenvalue weighted by Gasteiger charge is -2.35. The van der Waals surface area contributed by atoms with Gasteiger partial charge in [0.25, 0.3) is 5.91 Å². The zero-order chi connectivity index (χ0) is 24.2. The molecule has 0 unspecified atom stereocenters. The number of aromatic nitrogens is 1. The van der Waals surface area contributed by atoms with Crippen molar-refractivity contribution in [1.29, 1.82) is 0 Å². The Morgan fingerprint density at radius 3 is 2.64 bits per heavy atom. The monoisotopic (exact) mass is 499 g/mol. The fraction of sp³-hybridized carbons (Fsp3) is 0.526. The third-order valence-corrected chi connectivity index (χ3v) is 7.47. The van der Waals surface area contributed by atoms with Gasteiger partial charge in [-0.1, -0.05) is 5.16 Å². The topological polar surface area (TPSA) is 176 Å². The van der Waals surface area contributed by atoms with Gasteiger partial charge in [0.1, 0.15) is 30.4 Å². The first-order chi connectivity index (χ1) is 15.6. The number of anilines is 1. The molecule has 33 heavy (non-hydrogen) atoms. The van der Waals surface area contributed by atoms with E-state index in [0.717, 1.165) is 47.3 Å². The van der Waals surface area contributed by atoms with Gasteiger partial charge in [-0.25, -0.2) is 14.6 Å². The molecule has 6 N–H and O–H groups in total. The summed E-state index contributed by atoms with van der Waals surface area (Å²) in [6.07, 6.45) is 2.19. The lowest BCUT2D eigenvalue weighted by molar-refractivity contribution is -0.893. The summed E-state index contributed by atoms with van der Waals surface area (Å²) in [7, 11) is 3.34. The normalized spacial score (nSPS) is 21.3. The molecule has 0 spiro atoms. The van der Waals surface area contributed by atoms with Crippen molar-refractivity contribution in [2.45, 2.75) is 24.3 Å². The molecule has 14 heteroatoms. The lowest BCUT2D eigenvalue weighted by atomic mass is 10.1. The smallest absolute Gasteiger partial charge is 0.352 e. The van der Waals surface area contributed by atoms with Gasteiger partial charge in [-0.15, -0.1) is 23.1 Å². The Morgan fingerprint density at radius 2 is 2.09 bits per heavy atom. The Morgan fingerprint density at radius 1 is 1.39 bits per heavy atom. The predicted octanol–water partition coefficient (Wildman–Crippen LogP) is -0.113. The highest BCUT2D eigenvalue weighted by molar-refractivity contribution is 8.00. The van der Waals surface area contributed by atoms with Crippen molar-refractivity contribution >= 4 is 51.8 Å². The molecule has 2 aliphatic heterocycles. The average molecular weight is 500 g/mol. The lowest BCUT2D eigenvalue weighted by Crippen LogP contribution is -2.56. The second-order valence-electron chi connectivity index (χ2n) is 8.07. The van der Waals surface area contributed by atoms with Gasteiger partial charge in [-0.05, 0) is 0 Å². The molecule has 0 bridgehead atoms. The highest BCUT2D eigenvalue weighted by Gasteiger charge is 2.39. The number of nitrogens with one attached hydrogen (secondary N) is 2. The first-order valence-electron chi connectivity index (χ1n) is 10.2. The first kappa shape index (κ1) is 24.8. The molecule has 2 atom stereocenters. The Labute approximate surface area is 198 Å². The summed E-state index contributed by atoms with van der Waals surface area (Å²) in [6.45, 7) is 2.52. The molecule has 0 aromatic carbocycles. The Bertz CT molecular complexity index is 987. The number of aliphatic carboxylic acids is 2. The van der Waals surface area contributed by atoms with Crippen LogP contribution in [-0.4, -0.2) is 94.2 Å². The van der Waals surface area contributed by atoms with Crippen LogP contribution < -0.4 is 16.4 Å². The Kier molecular flexibility index (Phi) is 7.81. The van der Waals surface area contributed by atoms with E-state index in [4.69, 9.17) is 10.6 Å². The highest BCUT2D eigenvalue weighted by Crippen LogP contribution is 2.28. The van der Waals surface area contributed by atoms with E-state index >= 15 is 0 Å². The average Bonchev–Trinajstić information content (AvgIpc) is 3.38. The van der Waals surface area contributed by atoms with E-state index in [0.29, 0.717) is 12.3 Å². The van der Waals surface area contributed by atoms with Crippen molar-refractivity contribution in [3.05, 3.63) is 22.3 Å². The van der Waals surface area contributed by atoms with Crippen molar-refractivity contribution in [3.63, 3.8) is 0 Å². The summed E-state index contributed by atoms with van der Waals surface area (Å²) in [5.41, 5.74) is 6.23. The number of nitrogens with two attached hydrogens (primary N) is 1. The number of likely N-dealkylation sites (tertiary alicyclic amines) is 1. The van der Waals surface area contributed by atoms with Gasteiger partial charge in [-0.2, -0.15) is 0 Å². The van der Waals surface area contributed by atoms with Crippen molar-refractivity contribution < 1.29 is 33.9 Å². The molecule has 1 fully saturated rings. The molecule has 1 aromatic rings. The zero-order valence-corrected chi connectivity index (χ0v) is 19.9. The number of oxime groups is 1. The van der Waals surface area contributed by atoms with Crippen molar-refractivity contribution in [2.75, 3.05) is 45.3 Å². The number of quaternary nitrogens is 1. The van der Waals surface area contributed by atoms with Crippen LogP contribution >= 0.6 is 23.1 Å². The molecule has 3 heterocycles. The van der Waals surface area contributed by atoms with Crippen molar-refractivity contribution in [3.8, 4) is 0 Å². The summed E-state index contributed by atoms with van der Waals surface area (Å²) < 4.78 is 0.756. The predicted molar refractivity (Wildman–Crippen MR) is 124 cm³/mol. The number of nitrogens with zero attached hydrogens (tertiary/aromatic N) is 3. The van der Waals surface area contributed by atoms with E-state index in [9.17, 15) is 24.6 Å². The summed E-state index contributed by atoms with van der Waals surface area (Å²) >= 11 is 2.33. The van der Waals surface area contributed by atoms with Gasteiger partial charge in [0.15, 0.2) is 16.9 Å². The number of amides is 1. The second-order valence-corrected chi connectivity index (χ2v) is 10.1. The number of likely N-dealkylation sites (N-methyl/N-ethyl adjacent to an activating group) is 1. The van der Waals surface area contributed by atoms with E-state index in [1.807, 2.05) is 0 Å². The fourth-order valence-electron chi connectivity index (χ4n) is 3.95. The maximum atomic E-state index is 12.8. The number of nitrogen functional groups attached to an aromatic ring is 1. The van der Waals surface area contributed by atoms with Crippen LogP contribution in [0, 0.1) is 0 Å². The number of carbonyl (C=O) groups excluding carboxylic acids is 1.